The predicted octanol–water partition coefficient (Wildman–Crippen LogP) is 1.64. The number of nitrogens with zero attached hydrogens (tertiary/aromatic N) is 1. The zero-order chi connectivity index (χ0) is 14.1. The number of amides is 1. The highest BCUT2D eigenvalue weighted by atomic mass is 16.5. The Morgan fingerprint density at radius 1 is 1.55 bits per heavy atom. The topological polar surface area (TPSA) is 55.6 Å². The van der Waals surface area contributed by atoms with E-state index >= 15 is 0 Å². The van der Waals surface area contributed by atoms with Crippen LogP contribution in [0.1, 0.15) is 30.9 Å². The Hall–Kier alpha value is -1.39. The van der Waals surface area contributed by atoms with Crippen molar-refractivity contribution in [3.8, 4) is 0 Å². The second-order valence-corrected chi connectivity index (χ2v) is 5.89. The first-order chi connectivity index (χ1) is 9.65. The Kier molecular flexibility index (Phi) is 3.76. The first-order valence-corrected chi connectivity index (χ1v) is 7.45. The maximum absolute atomic E-state index is 12.5. The lowest BCUT2D eigenvalue weighted by molar-refractivity contribution is -0.127. The van der Waals surface area contributed by atoms with E-state index in [9.17, 15) is 4.79 Å². The fourth-order valence-corrected chi connectivity index (χ4v) is 3.13. The number of ether oxygens (including phenoxy) is 1. The first kappa shape index (κ1) is 13.6. The molecule has 2 atom stereocenters. The van der Waals surface area contributed by atoms with E-state index < -0.39 is 0 Å². The van der Waals surface area contributed by atoms with Gasteiger partial charge >= 0.3 is 0 Å². The van der Waals surface area contributed by atoms with Crippen LogP contribution >= 0.6 is 0 Å². The van der Waals surface area contributed by atoms with Crippen LogP contribution in [0.3, 0.4) is 0 Å². The van der Waals surface area contributed by atoms with Crippen LogP contribution in [-0.4, -0.2) is 31.2 Å². The van der Waals surface area contributed by atoms with E-state index in [2.05, 4.69) is 18.2 Å². The lowest BCUT2D eigenvalue weighted by Crippen LogP contribution is -2.37. The van der Waals surface area contributed by atoms with Crippen LogP contribution in [0.5, 0.6) is 0 Å². The number of hydrogen-bond acceptors (Lipinski definition) is 3. The van der Waals surface area contributed by atoms with Crippen LogP contribution < -0.4 is 10.6 Å². The van der Waals surface area contributed by atoms with Crippen LogP contribution in [0.25, 0.3) is 0 Å². The van der Waals surface area contributed by atoms with E-state index in [1.54, 1.807) is 0 Å². The lowest BCUT2D eigenvalue weighted by atomic mass is 10.0. The molecule has 0 bridgehead atoms. The van der Waals surface area contributed by atoms with Gasteiger partial charge in [-0.25, -0.2) is 0 Å². The SMILES string of the molecule is CC(N)Cc1ccc2c(c1)CCN2C(=O)C1CCCO1. The molecule has 1 aromatic rings. The molecule has 2 N–H and O–H groups in total. The summed E-state index contributed by atoms with van der Waals surface area (Å²) in [5.41, 5.74) is 9.41. The normalized spacial score (nSPS) is 22.9. The number of benzene rings is 1. The zero-order valence-electron chi connectivity index (χ0n) is 12.0. The monoisotopic (exact) mass is 274 g/mol. The molecule has 0 aliphatic carbocycles. The van der Waals surface area contributed by atoms with Gasteiger partial charge in [0.05, 0.1) is 0 Å². The van der Waals surface area contributed by atoms with E-state index in [0.29, 0.717) is 6.61 Å². The Bertz CT molecular complexity index is 507. The highest BCUT2D eigenvalue weighted by Gasteiger charge is 2.32. The summed E-state index contributed by atoms with van der Waals surface area (Å²) in [5, 5.41) is 0. The number of carbonyl (C=O) groups is 1. The Morgan fingerprint density at radius 3 is 3.10 bits per heavy atom. The summed E-state index contributed by atoms with van der Waals surface area (Å²) in [5.74, 6) is 0.126. The molecular formula is C16H22N2O2. The molecule has 2 aliphatic heterocycles. The summed E-state index contributed by atoms with van der Waals surface area (Å²) in [6.45, 7) is 3.50. The van der Waals surface area contributed by atoms with Crippen LogP contribution in [-0.2, 0) is 22.4 Å². The molecule has 2 unspecified atom stereocenters. The number of carbonyl (C=O) groups excluding carboxylic acids is 1. The maximum atomic E-state index is 12.5. The quantitative estimate of drug-likeness (QED) is 0.911. The Balaban J connectivity index is 1.78. The van der Waals surface area contributed by atoms with Crippen molar-refractivity contribution < 1.29 is 9.53 Å². The zero-order valence-corrected chi connectivity index (χ0v) is 12.0. The fraction of sp³-hybridized carbons (Fsp3) is 0.562. The van der Waals surface area contributed by atoms with Crippen molar-refractivity contribution in [3.05, 3.63) is 29.3 Å². The van der Waals surface area contributed by atoms with Gasteiger partial charge in [0, 0.05) is 24.9 Å². The van der Waals surface area contributed by atoms with E-state index in [1.165, 1.54) is 11.1 Å². The van der Waals surface area contributed by atoms with E-state index in [4.69, 9.17) is 10.5 Å². The van der Waals surface area contributed by atoms with E-state index in [1.807, 2.05) is 11.8 Å². The number of hydrogen-bond donors (Lipinski definition) is 1. The van der Waals surface area contributed by atoms with E-state index in [0.717, 1.165) is 37.9 Å². The van der Waals surface area contributed by atoms with Crippen molar-refractivity contribution in [2.24, 2.45) is 5.73 Å². The summed E-state index contributed by atoms with van der Waals surface area (Å²) in [6, 6.07) is 6.51. The van der Waals surface area contributed by atoms with Crippen molar-refractivity contribution in [3.63, 3.8) is 0 Å². The molecule has 108 valence electrons. The highest BCUT2D eigenvalue weighted by Crippen LogP contribution is 2.31. The summed E-state index contributed by atoms with van der Waals surface area (Å²) >= 11 is 0. The molecule has 2 heterocycles. The average molecular weight is 274 g/mol. The molecule has 1 amide bonds. The first-order valence-electron chi connectivity index (χ1n) is 7.45. The third kappa shape index (κ3) is 2.58. The van der Waals surface area contributed by atoms with Crippen LogP contribution in [0.4, 0.5) is 5.69 Å². The molecule has 1 fully saturated rings. The fourth-order valence-electron chi connectivity index (χ4n) is 3.13. The van der Waals surface area contributed by atoms with Gasteiger partial charge in [-0.05, 0) is 49.8 Å². The van der Waals surface area contributed by atoms with Gasteiger partial charge in [0.1, 0.15) is 6.10 Å². The van der Waals surface area contributed by atoms with Gasteiger partial charge in [-0.1, -0.05) is 12.1 Å². The largest absolute Gasteiger partial charge is 0.368 e. The molecule has 0 saturated carbocycles. The Labute approximate surface area is 119 Å². The molecule has 1 saturated heterocycles. The van der Waals surface area contributed by atoms with Crippen molar-refractivity contribution in [1.29, 1.82) is 0 Å². The number of rotatable bonds is 3. The minimum absolute atomic E-state index is 0.126. The molecule has 0 aromatic heterocycles. The standard InChI is InChI=1S/C16H22N2O2/c1-11(17)9-12-4-5-14-13(10-12)6-7-18(14)16(19)15-3-2-8-20-15/h4-5,10-11,15H,2-3,6-9,17H2,1H3. The molecule has 4 heteroatoms. The molecule has 0 radical (unpaired) electrons. The van der Waals surface area contributed by atoms with Gasteiger partial charge in [-0.3, -0.25) is 4.79 Å². The molecule has 0 spiro atoms. The molecule has 3 rings (SSSR count). The minimum Gasteiger partial charge on any atom is -0.368 e. The summed E-state index contributed by atoms with van der Waals surface area (Å²) in [7, 11) is 0. The molecule has 2 aliphatic rings. The van der Waals surface area contributed by atoms with Gasteiger partial charge in [0.2, 0.25) is 0 Å². The number of fused-ring (bicyclic) bond motifs is 1. The Morgan fingerprint density at radius 2 is 2.40 bits per heavy atom. The molecular weight excluding hydrogens is 252 g/mol. The second-order valence-electron chi connectivity index (χ2n) is 5.89. The summed E-state index contributed by atoms with van der Waals surface area (Å²) in [4.78, 5) is 14.3. The molecule has 4 nitrogen and oxygen atoms in total. The number of nitrogens with two attached hydrogens (primary N) is 1. The second kappa shape index (κ2) is 5.54. The minimum atomic E-state index is -0.232. The third-order valence-corrected chi connectivity index (χ3v) is 4.07. The van der Waals surface area contributed by atoms with Crippen molar-refractivity contribution in [1.82, 2.24) is 0 Å². The van der Waals surface area contributed by atoms with E-state index in [-0.39, 0.29) is 18.1 Å². The van der Waals surface area contributed by atoms with Crippen molar-refractivity contribution in [2.45, 2.75) is 44.8 Å². The number of anilines is 1. The summed E-state index contributed by atoms with van der Waals surface area (Å²) in [6.07, 6.45) is 3.43. The summed E-state index contributed by atoms with van der Waals surface area (Å²) < 4.78 is 5.51. The van der Waals surface area contributed by atoms with Crippen molar-refractivity contribution in [2.75, 3.05) is 18.1 Å². The predicted molar refractivity (Wildman–Crippen MR) is 78.8 cm³/mol. The van der Waals surface area contributed by atoms with Gasteiger partial charge < -0.3 is 15.4 Å². The lowest BCUT2D eigenvalue weighted by Gasteiger charge is -2.21. The van der Waals surface area contributed by atoms with Crippen LogP contribution in [0.15, 0.2) is 18.2 Å². The van der Waals surface area contributed by atoms with Gasteiger partial charge in [-0.15, -0.1) is 0 Å². The highest BCUT2D eigenvalue weighted by molar-refractivity contribution is 5.98. The van der Waals surface area contributed by atoms with Gasteiger partial charge in [0.15, 0.2) is 0 Å². The van der Waals surface area contributed by atoms with Crippen LogP contribution in [0.2, 0.25) is 0 Å². The van der Waals surface area contributed by atoms with Crippen molar-refractivity contribution >= 4 is 11.6 Å². The molecule has 20 heavy (non-hydrogen) atoms. The third-order valence-electron chi connectivity index (χ3n) is 4.07. The maximum Gasteiger partial charge on any atom is 0.256 e. The average Bonchev–Trinajstić information content (AvgIpc) is 3.06. The van der Waals surface area contributed by atoms with Gasteiger partial charge in [-0.2, -0.15) is 0 Å². The smallest absolute Gasteiger partial charge is 0.256 e. The van der Waals surface area contributed by atoms with Gasteiger partial charge in [0.25, 0.3) is 5.91 Å². The van der Waals surface area contributed by atoms with Crippen LogP contribution in [0, 0.1) is 0 Å². The molecule has 1 aromatic carbocycles.